The van der Waals surface area contributed by atoms with E-state index in [1.807, 2.05) is 0 Å². The van der Waals surface area contributed by atoms with Gasteiger partial charge in [0.2, 0.25) is 11.8 Å². The number of rotatable bonds is 22. The minimum atomic E-state index is -2.05. The van der Waals surface area contributed by atoms with Crippen LogP contribution in [0.3, 0.4) is 0 Å². The Balaban J connectivity index is 4.09. The van der Waals surface area contributed by atoms with Gasteiger partial charge < -0.3 is 53.0 Å². The molecule has 0 fully saturated rings. The fourth-order valence-electron chi connectivity index (χ4n) is 2.34. The molecule has 17 nitrogen and oxygen atoms in total. The van der Waals surface area contributed by atoms with Crippen LogP contribution in [0, 0.1) is 0 Å². The molecule has 0 heterocycles. The van der Waals surface area contributed by atoms with E-state index >= 15 is 0 Å². The largest absolute Gasteiger partial charge is 0.480 e. The van der Waals surface area contributed by atoms with Crippen LogP contribution in [0.25, 0.3) is 0 Å². The van der Waals surface area contributed by atoms with E-state index in [0.29, 0.717) is 0 Å². The van der Waals surface area contributed by atoms with Crippen molar-refractivity contribution in [1.82, 2.24) is 20.7 Å². The molecule has 0 aromatic rings. The summed E-state index contributed by atoms with van der Waals surface area (Å²) in [6.45, 7) is -0.0562. The molecule has 226 valence electrons. The number of aliphatic hydroxyl groups is 3. The number of carboxylic acids is 2. The van der Waals surface area contributed by atoms with E-state index in [-0.39, 0.29) is 49.2 Å². The van der Waals surface area contributed by atoms with E-state index in [2.05, 4.69) is 20.7 Å². The first kappa shape index (κ1) is 37.0. The summed E-state index contributed by atoms with van der Waals surface area (Å²) in [5.41, 5.74) is 10.6. The maximum Gasteiger partial charge on any atom is 0.321 e. The summed E-state index contributed by atoms with van der Waals surface area (Å²) >= 11 is 2.05. The first-order chi connectivity index (χ1) is 18.3. The molecule has 0 aliphatic heterocycles. The van der Waals surface area contributed by atoms with Crippen molar-refractivity contribution in [3.63, 3.8) is 0 Å². The van der Waals surface area contributed by atoms with Crippen LogP contribution in [0.5, 0.6) is 0 Å². The average Bonchev–Trinajstić information content (AvgIpc) is 2.87. The van der Waals surface area contributed by atoms with Crippen LogP contribution in [-0.2, 0) is 35.0 Å². The highest BCUT2D eigenvalue weighted by molar-refractivity contribution is 8.00. The quantitative estimate of drug-likeness (QED) is 0.0502. The Kier molecular flexibility index (Phi) is 19.7. The molecule has 0 aliphatic rings. The van der Waals surface area contributed by atoms with Crippen molar-refractivity contribution in [3.8, 4) is 0 Å². The monoisotopic (exact) mass is 620 g/mol. The van der Waals surface area contributed by atoms with Crippen LogP contribution in [0.15, 0.2) is 0 Å². The standard InChI is InChI=1S/C19H36N6O11S3/c20-10(18(32)33)5-37-7-13(27)22-1-2-24-17(31)16(30)15(29)12(26)9-39(36)25-4-3-23-14(28)8-38-6-11(21)19(34)35/h10-12,15-16,25-26,29-30H,1-9,20-21H2,(H,22,27)(H,23,28)(H,24,31)(H,32,33)(H,34,35). The highest BCUT2D eigenvalue weighted by Crippen LogP contribution is 2.03. The Morgan fingerprint density at radius 1 is 0.744 bits per heavy atom. The zero-order chi connectivity index (χ0) is 30.0. The molecule has 0 radical (unpaired) electrons. The lowest BCUT2D eigenvalue weighted by atomic mass is 10.1. The summed E-state index contributed by atoms with van der Waals surface area (Å²) in [5, 5.41) is 54.4. The van der Waals surface area contributed by atoms with Gasteiger partial charge in [-0.3, -0.25) is 24.0 Å². The first-order valence-corrected chi connectivity index (χ1v) is 15.0. The molecule has 6 unspecified atom stereocenters. The summed E-state index contributed by atoms with van der Waals surface area (Å²) < 4.78 is 14.5. The van der Waals surface area contributed by atoms with Crippen molar-refractivity contribution in [2.75, 3.05) is 54.9 Å². The molecule has 0 spiro atoms. The fraction of sp³-hybridized carbons (Fsp3) is 0.737. The molecule has 0 saturated heterocycles. The number of hydrogen-bond acceptors (Lipinski definition) is 13. The van der Waals surface area contributed by atoms with Gasteiger partial charge in [0.1, 0.15) is 18.2 Å². The molecule has 3 amide bonds. The Morgan fingerprint density at radius 3 is 1.64 bits per heavy atom. The van der Waals surface area contributed by atoms with Crippen LogP contribution < -0.4 is 32.1 Å². The maximum absolute atomic E-state index is 12.0. The van der Waals surface area contributed by atoms with Gasteiger partial charge in [-0.25, -0.2) is 8.93 Å². The molecule has 0 aromatic heterocycles. The second-order valence-electron chi connectivity index (χ2n) is 7.82. The van der Waals surface area contributed by atoms with Crippen LogP contribution in [-0.4, -0.2) is 145 Å². The van der Waals surface area contributed by atoms with E-state index in [1.54, 1.807) is 0 Å². The molecule has 0 rings (SSSR count). The smallest absolute Gasteiger partial charge is 0.321 e. The summed E-state index contributed by atoms with van der Waals surface area (Å²) in [7, 11) is -1.88. The van der Waals surface area contributed by atoms with Gasteiger partial charge in [-0.15, -0.1) is 23.5 Å². The van der Waals surface area contributed by atoms with Crippen LogP contribution in [0.4, 0.5) is 0 Å². The molecule has 13 N–H and O–H groups in total. The van der Waals surface area contributed by atoms with Gasteiger partial charge in [0.15, 0.2) is 6.10 Å². The van der Waals surface area contributed by atoms with E-state index in [4.69, 9.17) is 21.7 Å². The second-order valence-corrected chi connectivity index (χ2v) is 11.2. The second kappa shape index (κ2) is 20.8. The minimum absolute atomic E-state index is 0.0237. The minimum Gasteiger partial charge on any atom is -0.480 e. The summed E-state index contributed by atoms with van der Waals surface area (Å²) in [4.78, 5) is 56.5. The Labute approximate surface area is 235 Å². The van der Waals surface area contributed by atoms with Gasteiger partial charge in [0, 0.05) is 37.7 Å². The van der Waals surface area contributed by atoms with Gasteiger partial charge in [0.05, 0.1) is 34.3 Å². The van der Waals surface area contributed by atoms with Gasteiger partial charge in [-0.2, -0.15) is 0 Å². The van der Waals surface area contributed by atoms with E-state index in [1.165, 1.54) is 0 Å². The third-order valence-corrected chi connectivity index (χ3v) is 7.75. The Hall–Kier alpha value is -2.04. The number of thioether (sulfide) groups is 2. The maximum atomic E-state index is 12.0. The number of amides is 3. The van der Waals surface area contributed by atoms with Crippen molar-refractivity contribution in [3.05, 3.63) is 0 Å². The summed E-state index contributed by atoms with van der Waals surface area (Å²) in [5.74, 6) is -4.75. The molecule has 39 heavy (non-hydrogen) atoms. The van der Waals surface area contributed by atoms with Gasteiger partial charge in [0.25, 0.3) is 5.91 Å². The van der Waals surface area contributed by atoms with Crippen LogP contribution in [0.2, 0.25) is 0 Å². The van der Waals surface area contributed by atoms with Gasteiger partial charge in [-0.1, -0.05) is 0 Å². The zero-order valence-electron chi connectivity index (χ0n) is 20.8. The number of aliphatic carboxylic acids is 2. The fourth-order valence-corrected chi connectivity index (χ4v) is 4.90. The van der Waals surface area contributed by atoms with Crippen LogP contribution >= 0.6 is 23.5 Å². The molecule has 0 aromatic carbocycles. The summed E-state index contributed by atoms with van der Waals surface area (Å²) in [6, 6.07) is -2.18. The zero-order valence-corrected chi connectivity index (χ0v) is 23.3. The van der Waals surface area contributed by atoms with E-state index in [9.17, 15) is 43.5 Å². The Morgan fingerprint density at radius 2 is 1.18 bits per heavy atom. The van der Waals surface area contributed by atoms with Crippen molar-refractivity contribution in [2.45, 2.75) is 30.4 Å². The number of aliphatic hydroxyl groups excluding tert-OH is 3. The highest BCUT2D eigenvalue weighted by atomic mass is 32.2. The SMILES string of the molecule is NC(CSCC(=O)NCCNC(=O)C(O)C(O)C(O)CS(=O)NCCNC(=O)CSCC(N)C(=O)O)C(=O)O. The molecule has 6 atom stereocenters. The van der Waals surface area contributed by atoms with Crippen molar-refractivity contribution < 1.29 is 53.7 Å². The first-order valence-electron chi connectivity index (χ1n) is 11.4. The normalized spacial score (nSPS) is 15.7. The predicted molar refractivity (Wildman–Crippen MR) is 144 cm³/mol. The lowest BCUT2D eigenvalue weighted by Crippen LogP contribution is -2.50. The third kappa shape index (κ3) is 18.0. The van der Waals surface area contributed by atoms with Crippen LogP contribution in [0.1, 0.15) is 0 Å². The number of nitrogens with two attached hydrogens (primary N) is 2. The molecular weight excluding hydrogens is 584 g/mol. The van der Waals surface area contributed by atoms with Gasteiger partial charge in [-0.05, 0) is 0 Å². The molecule has 0 saturated carbocycles. The van der Waals surface area contributed by atoms with E-state index in [0.717, 1.165) is 23.5 Å². The highest BCUT2D eigenvalue weighted by Gasteiger charge is 2.31. The van der Waals surface area contributed by atoms with Crippen molar-refractivity contribution in [2.24, 2.45) is 11.5 Å². The Bertz CT molecular complexity index is 841. The number of carbonyl (C=O) groups is 5. The summed E-state index contributed by atoms with van der Waals surface area (Å²) in [6.07, 6.45) is -5.75. The molecular formula is C19H36N6O11S3. The number of nitrogens with one attached hydrogen (secondary N) is 4. The number of hydrogen-bond donors (Lipinski definition) is 11. The number of carbonyl (C=O) groups excluding carboxylic acids is 3. The lowest BCUT2D eigenvalue weighted by molar-refractivity contribution is -0.140. The van der Waals surface area contributed by atoms with Crippen molar-refractivity contribution in [1.29, 1.82) is 0 Å². The molecule has 0 aliphatic carbocycles. The van der Waals surface area contributed by atoms with Gasteiger partial charge >= 0.3 is 11.9 Å². The third-order valence-electron chi connectivity index (χ3n) is 4.46. The van der Waals surface area contributed by atoms with Crippen molar-refractivity contribution >= 4 is 64.2 Å². The molecule has 0 bridgehead atoms. The topological polar surface area (TPSA) is 304 Å². The predicted octanol–water partition coefficient (Wildman–Crippen LogP) is -6.04. The molecule has 20 heteroatoms. The average molecular weight is 621 g/mol. The van der Waals surface area contributed by atoms with E-state index < -0.39 is 76.8 Å². The number of carboxylic acid groups (broad SMARTS) is 2. The lowest BCUT2D eigenvalue weighted by Gasteiger charge is -2.22.